The maximum absolute atomic E-state index is 9.71. The van der Waals surface area contributed by atoms with Crippen LogP contribution in [0.1, 0.15) is 20.8 Å². The van der Waals surface area contributed by atoms with Crippen molar-refractivity contribution in [1.29, 1.82) is 0 Å². The summed E-state index contributed by atoms with van der Waals surface area (Å²) in [4.78, 5) is 0. The minimum Gasteiger partial charge on any atom is -0.393 e. The predicted octanol–water partition coefficient (Wildman–Crippen LogP) is 2.58. The molecule has 0 saturated heterocycles. The summed E-state index contributed by atoms with van der Waals surface area (Å²) >= 11 is 0. The SMILES string of the molecule is C=C[C@@H](O)[Si](CC)(CC)CC. The van der Waals surface area contributed by atoms with Crippen molar-refractivity contribution >= 4 is 8.07 Å². The van der Waals surface area contributed by atoms with E-state index in [9.17, 15) is 5.11 Å². The van der Waals surface area contributed by atoms with Crippen LogP contribution in [0.5, 0.6) is 0 Å². The van der Waals surface area contributed by atoms with Crippen molar-refractivity contribution < 1.29 is 5.11 Å². The third kappa shape index (κ3) is 2.17. The number of aliphatic hydroxyl groups excluding tert-OH is 1. The Balaban J connectivity index is 4.38. The van der Waals surface area contributed by atoms with E-state index in [-0.39, 0.29) is 5.73 Å². The molecule has 1 nitrogen and oxygen atoms in total. The smallest absolute Gasteiger partial charge is 0.0913 e. The Bertz CT molecular complexity index is 110. The maximum Gasteiger partial charge on any atom is 0.0913 e. The van der Waals surface area contributed by atoms with Crippen molar-refractivity contribution in [2.75, 3.05) is 0 Å². The molecule has 1 atom stereocenters. The first-order chi connectivity index (χ1) is 5.16. The standard InChI is InChI=1S/C9H20OSi/c1-5-9(10)11(6-2,7-3)8-4/h5,9-10H,1,6-8H2,2-4H3/t9-/m0/s1. The van der Waals surface area contributed by atoms with Crippen molar-refractivity contribution in [2.45, 2.75) is 44.6 Å². The van der Waals surface area contributed by atoms with Crippen LogP contribution < -0.4 is 0 Å². The third-order valence-corrected chi connectivity index (χ3v) is 8.68. The second kappa shape index (κ2) is 4.73. The summed E-state index contributed by atoms with van der Waals surface area (Å²) in [5.41, 5.74) is -0.206. The minimum absolute atomic E-state index is 0.206. The average molecular weight is 172 g/mol. The van der Waals surface area contributed by atoms with Crippen LogP contribution in [0, 0.1) is 0 Å². The second-order valence-electron chi connectivity index (χ2n) is 3.10. The van der Waals surface area contributed by atoms with Crippen molar-refractivity contribution in [3.8, 4) is 0 Å². The summed E-state index contributed by atoms with van der Waals surface area (Å²) in [6.45, 7) is 10.2. The van der Waals surface area contributed by atoms with Crippen molar-refractivity contribution in [3.05, 3.63) is 12.7 Å². The van der Waals surface area contributed by atoms with Crippen LogP contribution in [0.4, 0.5) is 0 Å². The number of rotatable bonds is 5. The molecule has 1 N–H and O–H groups in total. The van der Waals surface area contributed by atoms with Gasteiger partial charge in [-0.1, -0.05) is 45.0 Å². The van der Waals surface area contributed by atoms with E-state index < -0.39 is 8.07 Å². The first-order valence-corrected chi connectivity index (χ1v) is 7.17. The number of aliphatic hydroxyl groups is 1. The molecule has 0 aliphatic rings. The molecule has 0 aliphatic heterocycles. The zero-order chi connectivity index (χ0) is 8.91. The van der Waals surface area contributed by atoms with Gasteiger partial charge in [0.1, 0.15) is 0 Å². The molecule has 66 valence electrons. The maximum atomic E-state index is 9.71. The van der Waals surface area contributed by atoms with Crippen LogP contribution in [0.2, 0.25) is 18.1 Å². The minimum atomic E-state index is -1.38. The van der Waals surface area contributed by atoms with Crippen LogP contribution in [0.25, 0.3) is 0 Å². The Kier molecular flexibility index (Phi) is 4.69. The van der Waals surface area contributed by atoms with Crippen molar-refractivity contribution in [2.24, 2.45) is 0 Å². The van der Waals surface area contributed by atoms with Crippen LogP contribution in [0.3, 0.4) is 0 Å². The normalized spacial score (nSPS) is 14.5. The molecule has 0 aromatic heterocycles. The lowest BCUT2D eigenvalue weighted by molar-refractivity contribution is 0.288. The van der Waals surface area contributed by atoms with Gasteiger partial charge in [-0.2, -0.15) is 0 Å². The molecule has 0 unspecified atom stereocenters. The van der Waals surface area contributed by atoms with Gasteiger partial charge in [-0.15, -0.1) is 6.58 Å². The number of hydrogen-bond donors (Lipinski definition) is 1. The highest BCUT2D eigenvalue weighted by atomic mass is 28.3. The van der Waals surface area contributed by atoms with Crippen molar-refractivity contribution in [3.63, 3.8) is 0 Å². The fourth-order valence-electron chi connectivity index (χ4n) is 1.63. The highest BCUT2D eigenvalue weighted by Gasteiger charge is 2.33. The fourth-order valence-corrected chi connectivity index (χ4v) is 4.88. The molecule has 0 rings (SSSR count). The zero-order valence-electron chi connectivity index (χ0n) is 7.93. The molecule has 0 bridgehead atoms. The molecule has 0 saturated carbocycles. The van der Waals surface area contributed by atoms with E-state index in [2.05, 4.69) is 27.4 Å². The van der Waals surface area contributed by atoms with Crippen LogP contribution >= 0.6 is 0 Å². The summed E-state index contributed by atoms with van der Waals surface area (Å²) in [6, 6.07) is 3.48. The fraction of sp³-hybridized carbons (Fsp3) is 0.778. The predicted molar refractivity (Wildman–Crippen MR) is 53.4 cm³/mol. The molecule has 0 heterocycles. The van der Waals surface area contributed by atoms with Gasteiger partial charge in [-0.05, 0) is 0 Å². The van der Waals surface area contributed by atoms with E-state index in [1.807, 2.05) is 0 Å². The quantitative estimate of drug-likeness (QED) is 0.499. The molecule has 0 aromatic rings. The lowest BCUT2D eigenvalue weighted by atomic mass is 10.7. The van der Waals surface area contributed by atoms with Gasteiger partial charge in [0.2, 0.25) is 0 Å². The van der Waals surface area contributed by atoms with Gasteiger partial charge in [0.25, 0.3) is 0 Å². The summed E-state index contributed by atoms with van der Waals surface area (Å²) < 4.78 is 0. The number of hydrogen-bond acceptors (Lipinski definition) is 1. The highest BCUT2D eigenvalue weighted by Crippen LogP contribution is 2.24. The first kappa shape index (κ1) is 10.9. The summed E-state index contributed by atoms with van der Waals surface area (Å²) in [5, 5.41) is 9.71. The van der Waals surface area contributed by atoms with Crippen LogP contribution in [0.15, 0.2) is 12.7 Å². The van der Waals surface area contributed by atoms with E-state index in [0.29, 0.717) is 0 Å². The monoisotopic (exact) mass is 172 g/mol. The first-order valence-electron chi connectivity index (χ1n) is 4.47. The molecule has 0 fully saturated rings. The zero-order valence-corrected chi connectivity index (χ0v) is 8.93. The Morgan fingerprint density at radius 2 is 1.64 bits per heavy atom. The Labute approximate surface area is 71.1 Å². The highest BCUT2D eigenvalue weighted by molar-refractivity contribution is 6.81. The summed E-state index contributed by atoms with van der Waals surface area (Å²) in [7, 11) is -1.38. The topological polar surface area (TPSA) is 20.2 Å². The third-order valence-electron chi connectivity index (χ3n) is 2.96. The molecule has 0 amide bonds. The molecular weight excluding hydrogens is 152 g/mol. The molecule has 0 radical (unpaired) electrons. The van der Waals surface area contributed by atoms with E-state index >= 15 is 0 Å². The van der Waals surface area contributed by atoms with Gasteiger partial charge < -0.3 is 5.11 Å². The lowest BCUT2D eigenvalue weighted by Gasteiger charge is -2.31. The Morgan fingerprint density at radius 1 is 1.27 bits per heavy atom. The molecule has 0 spiro atoms. The van der Waals surface area contributed by atoms with E-state index in [4.69, 9.17) is 0 Å². The molecule has 2 heteroatoms. The van der Waals surface area contributed by atoms with Gasteiger partial charge in [0.15, 0.2) is 0 Å². The van der Waals surface area contributed by atoms with Gasteiger partial charge in [0.05, 0.1) is 13.8 Å². The summed E-state index contributed by atoms with van der Waals surface area (Å²) in [6.07, 6.45) is 1.71. The molecular formula is C9H20OSi. The lowest BCUT2D eigenvalue weighted by Crippen LogP contribution is -2.44. The van der Waals surface area contributed by atoms with E-state index in [0.717, 1.165) is 18.1 Å². The largest absolute Gasteiger partial charge is 0.393 e. The average Bonchev–Trinajstić information content (AvgIpc) is 2.08. The van der Waals surface area contributed by atoms with Crippen LogP contribution in [-0.4, -0.2) is 18.9 Å². The Morgan fingerprint density at radius 3 is 1.73 bits per heavy atom. The van der Waals surface area contributed by atoms with Gasteiger partial charge in [-0.25, -0.2) is 0 Å². The molecule has 0 aromatic carbocycles. The second-order valence-corrected chi connectivity index (χ2v) is 8.54. The van der Waals surface area contributed by atoms with Gasteiger partial charge in [0, 0.05) is 0 Å². The van der Waals surface area contributed by atoms with Crippen molar-refractivity contribution in [1.82, 2.24) is 0 Å². The van der Waals surface area contributed by atoms with E-state index in [1.165, 1.54) is 0 Å². The van der Waals surface area contributed by atoms with Gasteiger partial charge >= 0.3 is 0 Å². The molecule has 11 heavy (non-hydrogen) atoms. The summed E-state index contributed by atoms with van der Waals surface area (Å²) in [5.74, 6) is 0. The molecule has 0 aliphatic carbocycles. The van der Waals surface area contributed by atoms with Gasteiger partial charge in [-0.3, -0.25) is 0 Å². The Hall–Kier alpha value is -0.0831. The van der Waals surface area contributed by atoms with Crippen LogP contribution in [-0.2, 0) is 0 Å². The van der Waals surface area contributed by atoms with E-state index in [1.54, 1.807) is 6.08 Å².